The zero-order chi connectivity index (χ0) is 26.4. The van der Waals surface area contributed by atoms with E-state index in [9.17, 15) is 14.7 Å². The fourth-order valence-electron chi connectivity index (χ4n) is 3.60. The van der Waals surface area contributed by atoms with Crippen molar-refractivity contribution in [3.8, 4) is 11.6 Å². The van der Waals surface area contributed by atoms with Crippen LogP contribution in [-0.2, 0) is 16.1 Å². The highest BCUT2D eigenvalue weighted by molar-refractivity contribution is 6.42. The number of azo groups is 1. The first kappa shape index (κ1) is 25.9. The van der Waals surface area contributed by atoms with Crippen LogP contribution >= 0.6 is 23.2 Å². The second-order valence-corrected chi connectivity index (χ2v) is 8.76. The van der Waals surface area contributed by atoms with E-state index in [-0.39, 0.29) is 18.1 Å². The van der Waals surface area contributed by atoms with E-state index in [1.165, 1.54) is 6.08 Å². The molecule has 2 N–H and O–H groups in total. The van der Waals surface area contributed by atoms with E-state index < -0.39 is 11.8 Å². The van der Waals surface area contributed by atoms with Gasteiger partial charge >= 0.3 is 0 Å². The first-order valence-corrected chi connectivity index (χ1v) is 11.9. The largest absolute Gasteiger partial charge is 0.497 e. The van der Waals surface area contributed by atoms with Gasteiger partial charge in [-0.3, -0.25) is 9.59 Å². The smallest absolute Gasteiger partial charge is 0.283 e. The Labute approximate surface area is 222 Å². The third-order valence-electron chi connectivity index (χ3n) is 5.46. The van der Waals surface area contributed by atoms with Crippen LogP contribution in [0.15, 0.2) is 83.0 Å². The maximum Gasteiger partial charge on any atom is 0.283 e. The summed E-state index contributed by atoms with van der Waals surface area (Å²) < 4.78 is 6.73. The summed E-state index contributed by atoms with van der Waals surface area (Å²) in [4.78, 5) is 24.3. The molecule has 1 heterocycles. The molecule has 0 aliphatic rings. The van der Waals surface area contributed by atoms with Gasteiger partial charge in [0.2, 0.25) is 11.8 Å². The Morgan fingerprint density at radius 3 is 2.54 bits per heavy atom. The van der Waals surface area contributed by atoms with Crippen LogP contribution in [0.5, 0.6) is 11.6 Å². The van der Waals surface area contributed by atoms with Crippen molar-refractivity contribution in [2.24, 2.45) is 10.2 Å². The fraction of sp³-hybridized carbons (Fsp3) is 0.111. The number of benzene rings is 3. The molecule has 0 unspecified atom stereocenters. The summed E-state index contributed by atoms with van der Waals surface area (Å²) in [6.07, 6.45) is 2.93. The highest BCUT2D eigenvalue weighted by Gasteiger charge is 2.17. The fourth-order valence-corrected chi connectivity index (χ4v) is 3.92. The Bertz CT molecular complexity index is 1510. The zero-order valence-electron chi connectivity index (χ0n) is 19.7. The molecule has 0 spiro atoms. The number of hydrogen-bond acceptors (Lipinski definition) is 5. The molecular weight excluding hydrogens is 515 g/mol. The minimum absolute atomic E-state index is 0.148. The standard InChI is InChI=1S/C27H22Cl2N4O4/c1-37-19-10-6-17(7-11-19)9-13-24(34)30-15-25(35)31-32-26-20-4-2-3-5-23(20)33(27(26)36)16-18-8-12-21(28)22(29)14-18/h2-14,36H,15-16H2,1H3,(H,30,34). The number of para-hydroxylation sites is 1. The number of aromatic hydroxyl groups is 1. The molecule has 0 atom stereocenters. The van der Waals surface area contributed by atoms with Gasteiger partial charge in [0.25, 0.3) is 5.91 Å². The summed E-state index contributed by atoms with van der Waals surface area (Å²) in [5, 5.41) is 22.5. The summed E-state index contributed by atoms with van der Waals surface area (Å²) in [5.74, 6) is -0.580. The lowest BCUT2D eigenvalue weighted by Gasteiger charge is -2.08. The number of aromatic nitrogens is 1. The van der Waals surface area contributed by atoms with Gasteiger partial charge in [0.15, 0.2) is 5.69 Å². The van der Waals surface area contributed by atoms with E-state index in [1.807, 2.05) is 12.1 Å². The summed E-state index contributed by atoms with van der Waals surface area (Å²) in [5.41, 5.74) is 2.46. The number of carbonyl (C=O) groups excluding carboxylic acids is 2. The third kappa shape index (κ3) is 6.35. The van der Waals surface area contributed by atoms with Crippen molar-refractivity contribution in [1.29, 1.82) is 0 Å². The highest BCUT2D eigenvalue weighted by atomic mass is 35.5. The van der Waals surface area contributed by atoms with Crippen molar-refractivity contribution >= 4 is 57.7 Å². The molecule has 0 bridgehead atoms. The number of hydrogen-bond donors (Lipinski definition) is 2. The predicted octanol–water partition coefficient (Wildman–Crippen LogP) is 6.15. The molecule has 188 valence electrons. The summed E-state index contributed by atoms with van der Waals surface area (Å²) in [6.45, 7) is -0.0543. The number of fused-ring (bicyclic) bond motifs is 1. The number of carbonyl (C=O) groups is 2. The van der Waals surface area contributed by atoms with Crippen molar-refractivity contribution in [1.82, 2.24) is 9.88 Å². The van der Waals surface area contributed by atoms with Crippen molar-refractivity contribution in [2.75, 3.05) is 13.7 Å². The van der Waals surface area contributed by atoms with Crippen molar-refractivity contribution in [3.63, 3.8) is 0 Å². The molecule has 0 aliphatic heterocycles. The van der Waals surface area contributed by atoms with Crippen LogP contribution in [0.4, 0.5) is 5.69 Å². The average Bonchev–Trinajstić information content (AvgIpc) is 3.17. The third-order valence-corrected chi connectivity index (χ3v) is 6.20. The van der Waals surface area contributed by atoms with Gasteiger partial charge in [-0.15, -0.1) is 10.2 Å². The lowest BCUT2D eigenvalue weighted by atomic mass is 10.2. The Morgan fingerprint density at radius 1 is 1.05 bits per heavy atom. The molecule has 0 saturated heterocycles. The molecule has 8 nitrogen and oxygen atoms in total. The molecule has 10 heteroatoms. The van der Waals surface area contributed by atoms with Gasteiger partial charge in [0.05, 0.1) is 29.2 Å². The molecule has 0 fully saturated rings. The van der Waals surface area contributed by atoms with E-state index >= 15 is 0 Å². The molecule has 37 heavy (non-hydrogen) atoms. The Hall–Kier alpha value is -4.14. The zero-order valence-corrected chi connectivity index (χ0v) is 21.2. The quantitative estimate of drug-likeness (QED) is 0.208. The number of amides is 2. The van der Waals surface area contributed by atoms with Crippen LogP contribution < -0.4 is 10.1 Å². The molecule has 0 aliphatic carbocycles. The van der Waals surface area contributed by atoms with Gasteiger partial charge in [-0.05, 0) is 47.5 Å². The first-order chi connectivity index (χ1) is 17.9. The van der Waals surface area contributed by atoms with Crippen molar-refractivity contribution < 1.29 is 19.4 Å². The van der Waals surface area contributed by atoms with Gasteiger partial charge in [-0.2, -0.15) is 0 Å². The number of halogens is 2. The van der Waals surface area contributed by atoms with Crippen LogP contribution in [0.25, 0.3) is 17.0 Å². The number of ether oxygens (including phenoxy) is 1. The second-order valence-electron chi connectivity index (χ2n) is 7.94. The minimum Gasteiger partial charge on any atom is -0.497 e. The lowest BCUT2D eigenvalue weighted by Crippen LogP contribution is -2.26. The second kappa shape index (κ2) is 11.7. The van der Waals surface area contributed by atoms with Crippen molar-refractivity contribution in [3.05, 3.63) is 94.0 Å². The number of methoxy groups -OCH3 is 1. The topological polar surface area (TPSA) is 105 Å². The van der Waals surface area contributed by atoms with Gasteiger partial charge in [0, 0.05) is 11.5 Å². The SMILES string of the molecule is COc1ccc(C=CC(=O)NCC(=O)N=Nc2c(O)n(Cc3ccc(Cl)c(Cl)c3)c3ccccc23)cc1. The molecule has 3 aromatic carbocycles. The predicted molar refractivity (Wildman–Crippen MR) is 144 cm³/mol. The molecule has 4 rings (SSSR count). The van der Waals surface area contributed by atoms with E-state index in [0.717, 1.165) is 11.1 Å². The summed E-state index contributed by atoms with van der Waals surface area (Å²) in [6, 6.07) is 19.6. The van der Waals surface area contributed by atoms with Crippen LogP contribution in [0.1, 0.15) is 11.1 Å². The summed E-state index contributed by atoms with van der Waals surface area (Å²) >= 11 is 12.1. The van der Waals surface area contributed by atoms with Gasteiger partial charge in [-0.1, -0.05) is 59.6 Å². The molecule has 4 aromatic rings. The van der Waals surface area contributed by atoms with E-state index in [1.54, 1.807) is 72.4 Å². The van der Waals surface area contributed by atoms with Gasteiger partial charge in [-0.25, -0.2) is 0 Å². The molecule has 0 saturated carbocycles. The van der Waals surface area contributed by atoms with Crippen LogP contribution in [0, 0.1) is 0 Å². The minimum atomic E-state index is -0.674. The maximum absolute atomic E-state index is 12.3. The van der Waals surface area contributed by atoms with E-state index in [2.05, 4.69) is 15.5 Å². The lowest BCUT2D eigenvalue weighted by molar-refractivity contribution is -0.122. The van der Waals surface area contributed by atoms with Crippen molar-refractivity contribution in [2.45, 2.75) is 6.54 Å². The number of nitrogens with one attached hydrogen (secondary N) is 1. The summed E-state index contributed by atoms with van der Waals surface area (Å²) in [7, 11) is 1.57. The van der Waals surface area contributed by atoms with E-state index in [0.29, 0.717) is 33.2 Å². The van der Waals surface area contributed by atoms with E-state index in [4.69, 9.17) is 27.9 Å². The highest BCUT2D eigenvalue weighted by Crippen LogP contribution is 2.39. The molecule has 0 radical (unpaired) electrons. The maximum atomic E-state index is 12.3. The molecule has 1 aromatic heterocycles. The Kier molecular flexibility index (Phi) is 8.22. The monoisotopic (exact) mass is 536 g/mol. The normalized spacial score (nSPS) is 11.4. The van der Waals surface area contributed by atoms with Crippen LogP contribution in [0.2, 0.25) is 10.0 Å². The molecule has 2 amide bonds. The van der Waals surface area contributed by atoms with Gasteiger partial charge in [0.1, 0.15) is 12.3 Å². The van der Waals surface area contributed by atoms with Crippen LogP contribution in [0.3, 0.4) is 0 Å². The Morgan fingerprint density at radius 2 is 1.81 bits per heavy atom. The number of nitrogens with zero attached hydrogens (tertiary/aromatic N) is 3. The Balaban J connectivity index is 1.44. The molecular formula is C27H22Cl2N4O4. The number of rotatable bonds is 8. The first-order valence-electron chi connectivity index (χ1n) is 11.1. The van der Waals surface area contributed by atoms with Crippen LogP contribution in [-0.4, -0.2) is 35.1 Å². The average molecular weight is 537 g/mol. The van der Waals surface area contributed by atoms with Gasteiger partial charge < -0.3 is 19.7 Å².